The van der Waals surface area contributed by atoms with Gasteiger partial charge in [0.1, 0.15) is 0 Å². The van der Waals surface area contributed by atoms with Crippen molar-refractivity contribution in [1.82, 2.24) is 0 Å². The molecule has 1 N–H and O–H groups in total. The average molecular weight is 258 g/mol. The lowest BCUT2D eigenvalue weighted by Crippen LogP contribution is -2.42. The van der Waals surface area contributed by atoms with E-state index in [4.69, 9.17) is 11.6 Å². The van der Waals surface area contributed by atoms with Crippen LogP contribution in [0, 0.1) is 0 Å². The molecule has 1 heterocycles. The molecule has 1 aromatic carbocycles. The number of anilines is 1. The van der Waals surface area contributed by atoms with Crippen molar-refractivity contribution in [2.45, 2.75) is 22.5 Å². The molecule has 16 heavy (non-hydrogen) atoms. The third-order valence-corrected chi connectivity index (χ3v) is 5.99. The number of hydrogen-bond donors (Lipinski definition) is 1. The van der Waals surface area contributed by atoms with E-state index in [-0.39, 0.29) is 15.6 Å². The highest BCUT2D eigenvalue weighted by Crippen LogP contribution is 2.52. The lowest BCUT2D eigenvalue weighted by Gasteiger charge is -2.25. The monoisotopic (exact) mass is 257 g/mol. The largest absolute Gasteiger partial charge is 0.322 e. The van der Waals surface area contributed by atoms with Gasteiger partial charge < -0.3 is 5.32 Å². The van der Waals surface area contributed by atoms with Crippen LogP contribution in [-0.2, 0) is 14.6 Å². The van der Waals surface area contributed by atoms with Crippen LogP contribution in [0.2, 0.25) is 5.02 Å². The molecule has 0 aromatic heterocycles. The average Bonchev–Trinajstić information content (AvgIpc) is 2.99. The van der Waals surface area contributed by atoms with Gasteiger partial charge in [-0.3, -0.25) is 4.79 Å². The molecule has 0 unspecified atom stereocenters. The van der Waals surface area contributed by atoms with Crippen LogP contribution in [0.3, 0.4) is 0 Å². The maximum Gasteiger partial charge on any atom is 0.246 e. The van der Waals surface area contributed by atoms with E-state index in [1.165, 1.54) is 6.07 Å². The fraction of sp³-hybridized carbons (Fsp3) is 0.300. The van der Waals surface area contributed by atoms with Gasteiger partial charge in [0.2, 0.25) is 5.91 Å². The molecular formula is C10H8ClNO3S. The van der Waals surface area contributed by atoms with Crippen molar-refractivity contribution in [3.05, 3.63) is 23.2 Å². The molecule has 0 radical (unpaired) electrons. The number of nitrogens with one attached hydrogen (secondary N) is 1. The molecule has 0 saturated heterocycles. The Morgan fingerprint density at radius 1 is 1.31 bits per heavy atom. The van der Waals surface area contributed by atoms with Crippen LogP contribution in [0.25, 0.3) is 0 Å². The highest BCUT2D eigenvalue weighted by Gasteiger charge is 2.63. The smallest absolute Gasteiger partial charge is 0.246 e. The van der Waals surface area contributed by atoms with E-state index in [1.54, 1.807) is 12.1 Å². The molecule has 84 valence electrons. The maximum atomic E-state index is 12.2. The molecule has 1 spiro atoms. The Kier molecular flexibility index (Phi) is 1.76. The zero-order valence-electron chi connectivity index (χ0n) is 8.16. The summed E-state index contributed by atoms with van der Waals surface area (Å²) in [6.07, 6.45) is 0.792. The van der Waals surface area contributed by atoms with E-state index in [0.29, 0.717) is 12.8 Å². The molecule has 0 bridgehead atoms. The van der Waals surface area contributed by atoms with Crippen LogP contribution in [0.15, 0.2) is 23.1 Å². The van der Waals surface area contributed by atoms with Crippen molar-refractivity contribution in [3.8, 4) is 0 Å². The van der Waals surface area contributed by atoms with E-state index >= 15 is 0 Å². The summed E-state index contributed by atoms with van der Waals surface area (Å²) in [6.45, 7) is 0. The molecule has 4 nitrogen and oxygen atoms in total. The first kappa shape index (κ1) is 10.1. The van der Waals surface area contributed by atoms with Crippen LogP contribution in [0.1, 0.15) is 12.8 Å². The molecule has 1 fully saturated rings. The van der Waals surface area contributed by atoms with Gasteiger partial charge >= 0.3 is 0 Å². The first-order valence-corrected chi connectivity index (χ1v) is 6.70. The molecule has 0 atom stereocenters. The zero-order chi connectivity index (χ0) is 11.6. The Hall–Kier alpha value is -1.07. The van der Waals surface area contributed by atoms with E-state index < -0.39 is 20.5 Å². The number of fused-ring (bicyclic) bond motifs is 1. The Morgan fingerprint density at radius 2 is 2.00 bits per heavy atom. The quantitative estimate of drug-likeness (QED) is 0.768. The van der Waals surface area contributed by atoms with Crippen LogP contribution >= 0.6 is 11.6 Å². The second-order valence-electron chi connectivity index (χ2n) is 4.06. The van der Waals surface area contributed by atoms with Gasteiger partial charge in [0.15, 0.2) is 14.6 Å². The van der Waals surface area contributed by atoms with Gasteiger partial charge in [-0.05, 0) is 25.0 Å². The van der Waals surface area contributed by atoms with Gasteiger partial charge in [0, 0.05) is 0 Å². The number of carbonyl (C=O) groups excluding carboxylic acids is 1. The minimum atomic E-state index is -3.58. The van der Waals surface area contributed by atoms with Gasteiger partial charge in [-0.25, -0.2) is 8.42 Å². The van der Waals surface area contributed by atoms with E-state index in [2.05, 4.69) is 5.32 Å². The summed E-state index contributed by atoms with van der Waals surface area (Å²) in [4.78, 5) is 11.9. The normalized spacial score (nSPS) is 23.7. The number of halogens is 1. The summed E-state index contributed by atoms with van der Waals surface area (Å²) in [5, 5.41) is 2.84. The maximum absolute atomic E-state index is 12.2. The van der Waals surface area contributed by atoms with Crippen molar-refractivity contribution in [2.75, 3.05) is 5.32 Å². The first-order chi connectivity index (χ1) is 7.49. The number of carbonyl (C=O) groups is 1. The van der Waals surface area contributed by atoms with Gasteiger partial charge in [-0.15, -0.1) is 0 Å². The summed E-state index contributed by atoms with van der Waals surface area (Å²) in [7, 11) is -3.58. The second-order valence-corrected chi connectivity index (χ2v) is 6.70. The third-order valence-electron chi connectivity index (χ3n) is 3.14. The van der Waals surface area contributed by atoms with Gasteiger partial charge in [0.25, 0.3) is 0 Å². The van der Waals surface area contributed by atoms with Crippen LogP contribution < -0.4 is 5.32 Å². The predicted molar refractivity (Wildman–Crippen MR) is 59.2 cm³/mol. The fourth-order valence-electron chi connectivity index (χ4n) is 2.02. The Bertz CT molecular complexity index is 604. The summed E-state index contributed by atoms with van der Waals surface area (Å²) >= 11 is 5.87. The Labute approximate surface area is 97.5 Å². The number of amides is 1. The SMILES string of the molecule is O=C1Nc2c(Cl)cccc2S(=O)(=O)C12CC2. The lowest BCUT2D eigenvalue weighted by atomic mass is 10.3. The van der Waals surface area contributed by atoms with E-state index in [1.807, 2.05) is 0 Å². The summed E-state index contributed by atoms with van der Waals surface area (Å²) in [6, 6.07) is 4.61. The van der Waals surface area contributed by atoms with Gasteiger partial charge in [-0.1, -0.05) is 17.7 Å². The molecule has 1 amide bonds. The predicted octanol–water partition coefficient (Wildman–Crippen LogP) is 1.60. The molecule has 1 saturated carbocycles. The Morgan fingerprint density at radius 3 is 2.62 bits per heavy atom. The summed E-state index contributed by atoms with van der Waals surface area (Å²) in [5.74, 6) is -0.451. The topological polar surface area (TPSA) is 63.2 Å². The van der Waals surface area contributed by atoms with Crippen molar-refractivity contribution in [3.63, 3.8) is 0 Å². The van der Waals surface area contributed by atoms with E-state index in [9.17, 15) is 13.2 Å². The summed E-state index contributed by atoms with van der Waals surface area (Å²) in [5.41, 5.74) is 0.215. The standard InChI is InChI=1S/C10H8ClNO3S/c11-6-2-1-3-7-8(6)12-9(13)10(4-5-10)16(7,14)15/h1-3H,4-5H2,(H,12,13). The van der Waals surface area contributed by atoms with E-state index in [0.717, 1.165) is 0 Å². The van der Waals surface area contributed by atoms with Crippen molar-refractivity contribution < 1.29 is 13.2 Å². The van der Waals surface area contributed by atoms with Crippen LogP contribution in [0.4, 0.5) is 5.69 Å². The van der Waals surface area contributed by atoms with Gasteiger partial charge in [0.05, 0.1) is 15.6 Å². The van der Waals surface area contributed by atoms with Gasteiger partial charge in [-0.2, -0.15) is 0 Å². The number of para-hydroxylation sites is 1. The highest BCUT2D eigenvalue weighted by molar-refractivity contribution is 7.94. The fourth-order valence-corrected chi connectivity index (χ4v) is 4.34. The van der Waals surface area contributed by atoms with Crippen molar-refractivity contribution >= 4 is 33.0 Å². The molecule has 2 aliphatic rings. The second kappa shape index (κ2) is 2.78. The number of hydrogen-bond acceptors (Lipinski definition) is 3. The minimum absolute atomic E-state index is 0.136. The first-order valence-electron chi connectivity index (χ1n) is 4.84. The van der Waals surface area contributed by atoms with Crippen LogP contribution in [0.5, 0.6) is 0 Å². The van der Waals surface area contributed by atoms with Crippen LogP contribution in [-0.4, -0.2) is 19.1 Å². The minimum Gasteiger partial charge on any atom is -0.322 e. The number of benzene rings is 1. The van der Waals surface area contributed by atoms with Crippen molar-refractivity contribution in [1.29, 1.82) is 0 Å². The molecule has 1 aliphatic heterocycles. The number of rotatable bonds is 0. The zero-order valence-corrected chi connectivity index (χ0v) is 9.73. The molecule has 3 rings (SSSR count). The Balaban J connectivity index is 2.35. The molecule has 1 aliphatic carbocycles. The molecule has 6 heteroatoms. The molecule has 1 aromatic rings. The lowest BCUT2D eigenvalue weighted by molar-refractivity contribution is -0.116. The molecular weight excluding hydrogens is 250 g/mol. The highest BCUT2D eigenvalue weighted by atomic mass is 35.5. The van der Waals surface area contributed by atoms with Crippen molar-refractivity contribution in [2.24, 2.45) is 0 Å². The number of sulfone groups is 1. The third kappa shape index (κ3) is 0.999. The summed E-state index contributed by atoms with van der Waals surface area (Å²) < 4.78 is 23.2.